The van der Waals surface area contributed by atoms with Crippen LogP contribution >= 0.6 is 11.3 Å². The van der Waals surface area contributed by atoms with Gasteiger partial charge in [0.15, 0.2) is 0 Å². The highest BCUT2D eigenvalue weighted by atomic mass is 32.1. The SMILES string of the molecule is Cc1ccc(F)c(NC(=O)c2cc(COc3ccc4c(c3)CCC4)cs2)c1. The lowest BCUT2D eigenvalue weighted by atomic mass is 10.1. The van der Waals surface area contributed by atoms with Crippen molar-refractivity contribution in [2.75, 3.05) is 5.32 Å². The molecule has 0 saturated carbocycles. The first kappa shape index (κ1) is 17.7. The molecule has 27 heavy (non-hydrogen) atoms. The first-order valence-electron chi connectivity index (χ1n) is 8.98. The molecule has 0 fully saturated rings. The van der Waals surface area contributed by atoms with Crippen LogP contribution in [0.1, 0.15) is 38.3 Å². The van der Waals surface area contributed by atoms with Crippen LogP contribution in [-0.2, 0) is 19.4 Å². The molecule has 4 rings (SSSR count). The number of hydrogen-bond donors (Lipinski definition) is 1. The highest BCUT2D eigenvalue weighted by Crippen LogP contribution is 2.27. The van der Waals surface area contributed by atoms with Gasteiger partial charge in [0.05, 0.1) is 10.6 Å². The second kappa shape index (κ2) is 7.53. The van der Waals surface area contributed by atoms with Crippen molar-refractivity contribution >= 4 is 22.9 Å². The topological polar surface area (TPSA) is 38.3 Å². The minimum absolute atomic E-state index is 0.198. The largest absolute Gasteiger partial charge is 0.489 e. The molecule has 1 amide bonds. The van der Waals surface area contributed by atoms with E-state index in [-0.39, 0.29) is 11.6 Å². The molecule has 0 bridgehead atoms. The molecular formula is C22H20FNO2S. The molecule has 1 heterocycles. The predicted octanol–water partition coefficient (Wildman–Crippen LogP) is 5.52. The lowest BCUT2D eigenvalue weighted by Gasteiger charge is -2.07. The molecule has 0 unspecified atom stereocenters. The van der Waals surface area contributed by atoms with E-state index in [4.69, 9.17) is 4.74 Å². The first-order valence-corrected chi connectivity index (χ1v) is 9.86. The zero-order valence-corrected chi connectivity index (χ0v) is 15.9. The molecule has 138 valence electrons. The molecule has 0 radical (unpaired) electrons. The first-order chi connectivity index (χ1) is 13.1. The molecule has 0 aliphatic heterocycles. The summed E-state index contributed by atoms with van der Waals surface area (Å²) >= 11 is 1.33. The van der Waals surface area contributed by atoms with E-state index in [1.807, 2.05) is 18.4 Å². The number of halogens is 1. The quantitative estimate of drug-likeness (QED) is 0.632. The number of carbonyl (C=O) groups excluding carboxylic acids is 1. The number of aryl methyl sites for hydroxylation is 3. The number of benzene rings is 2. The van der Waals surface area contributed by atoms with Gasteiger partial charge in [0, 0.05) is 5.56 Å². The maximum absolute atomic E-state index is 13.8. The number of thiophene rings is 1. The number of hydrogen-bond acceptors (Lipinski definition) is 3. The molecule has 0 atom stereocenters. The van der Waals surface area contributed by atoms with Crippen LogP contribution in [0.2, 0.25) is 0 Å². The molecular weight excluding hydrogens is 361 g/mol. The predicted molar refractivity (Wildman–Crippen MR) is 106 cm³/mol. The van der Waals surface area contributed by atoms with E-state index in [0.29, 0.717) is 11.5 Å². The average molecular weight is 381 g/mol. The molecule has 0 spiro atoms. The number of fused-ring (bicyclic) bond motifs is 1. The van der Waals surface area contributed by atoms with Crippen molar-refractivity contribution in [2.24, 2.45) is 0 Å². The van der Waals surface area contributed by atoms with Gasteiger partial charge in [0.1, 0.15) is 18.2 Å². The second-order valence-electron chi connectivity index (χ2n) is 6.83. The van der Waals surface area contributed by atoms with Gasteiger partial charge < -0.3 is 10.1 Å². The zero-order valence-electron chi connectivity index (χ0n) is 15.0. The minimum atomic E-state index is -0.439. The Morgan fingerprint density at radius 3 is 2.89 bits per heavy atom. The number of ether oxygens (including phenoxy) is 1. The van der Waals surface area contributed by atoms with Crippen LogP contribution in [-0.4, -0.2) is 5.91 Å². The van der Waals surface area contributed by atoms with E-state index in [1.54, 1.807) is 18.2 Å². The fourth-order valence-corrected chi connectivity index (χ4v) is 4.09. The van der Waals surface area contributed by atoms with E-state index in [2.05, 4.69) is 17.4 Å². The van der Waals surface area contributed by atoms with Gasteiger partial charge in [-0.2, -0.15) is 0 Å². The monoisotopic (exact) mass is 381 g/mol. The summed E-state index contributed by atoms with van der Waals surface area (Å²) in [6, 6.07) is 12.7. The third-order valence-electron chi connectivity index (χ3n) is 4.72. The smallest absolute Gasteiger partial charge is 0.265 e. The molecule has 1 aromatic heterocycles. The summed E-state index contributed by atoms with van der Waals surface area (Å²) in [5.41, 5.74) is 4.80. The number of anilines is 1. The summed E-state index contributed by atoms with van der Waals surface area (Å²) in [6.07, 6.45) is 3.48. The Balaban J connectivity index is 1.39. The molecule has 2 aromatic carbocycles. The van der Waals surface area contributed by atoms with Crippen molar-refractivity contribution in [3.63, 3.8) is 0 Å². The van der Waals surface area contributed by atoms with Gasteiger partial charge in [0.25, 0.3) is 5.91 Å². The van der Waals surface area contributed by atoms with Crippen LogP contribution in [0, 0.1) is 12.7 Å². The molecule has 1 aliphatic rings. The van der Waals surface area contributed by atoms with Crippen molar-refractivity contribution in [2.45, 2.75) is 32.8 Å². The molecule has 0 saturated heterocycles. The van der Waals surface area contributed by atoms with Crippen molar-refractivity contribution in [3.8, 4) is 5.75 Å². The Bertz CT molecular complexity index is 996. The Labute approximate surface area is 161 Å². The van der Waals surface area contributed by atoms with E-state index >= 15 is 0 Å². The zero-order chi connectivity index (χ0) is 18.8. The summed E-state index contributed by atoms with van der Waals surface area (Å²) in [6.45, 7) is 2.26. The van der Waals surface area contributed by atoms with Crippen LogP contribution < -0.4 is 10.1 Å². The maximum Gasteiger partial charge on any atom is 0.265 e. The van der Waals surface area contributed by atoms with E-state index in [0.717, 1.165) is 29.7 Å². The van der Waals surface area contributed by atoms with Crippen LogP contribution in [0.5, 0.6) is 5.75 Å². The maximum atomic E-state index is 13.8. The van der Waals surface area contributed by atoms with E-state index in [9.17, 15) is 9.18 Å². The van der Waals surface area contributed by atoms with Gasteiger partial charge in [0.2, 0.25) is 0 Å². The lowest BCUT2D eigenvalue weighted by Crippen LogP contribution is -2.11. The van der Waals surface area contributed by atoms with E-state index < -0.39 is 5.82 Å². The molecule has 1 aliphatic carbocycles. The van der Waals surface area contributed by atoms with Gasteiger partial charge in [-0.3, -0.25) is 4.79 Å². The Morgan fingerprint density at radius 1 is 1.15 bits per heavy atom. The Morgan fingerprint density at radius 2 is 2.00 bits per heavy atom. The van der Waals surface area contributed by atoms with Crippen LogP contribution in [0.15, 0.2) is 47.8 Å². The highest BCUT2D eigenvalue weighted by Gasteiger charge is 2.14. The summed E-state index contributed by atoms with van der Waals surface area (Å²) < 4.78 is 19.7. The van der Waals surface area contributed by atoms with Crippen LogP contribution in [0.4, 0.5) is 10.1 Å². The van der Waals surface area contributed by atoms with Crippen molar-refractivity contribution in [1.82, 2.24) is 0 Å². The molecule has 3 nitrogen and oxygen atoms in total. The summed E-state index contributed by atoms with van der Waals surface area (Å²) in [7, 11) is 0. The van der Waals surface area contributed by atoms with Gasteiger partial charge >= 0.3 is 0 Å². The van der Waals surface area contributed by atoms with E-state index in [1.165, 1.54) is 35.0 Å². The van der Waals surface area contributed by atoms with Gasteiger partial charge in [-0.05, 0) is 78.6 Å². The van der Waals surface area contributed by atoms with Crippen molar-refractivity contribution < 1.29 is 13.9 Å². The number of rotatable bonds is 5. The normalized spacial score (nSPS) is 12.7. The van der Waals surface area contributed by atoms with Crippen molar-refractivity contribution in [3.05, 3.63) is 80.8 Å². The number of nitrogens with one attached hydrogen (secondary N) is 1. The Kier molecular flexibility index (Phi) is 4.94. The fraction of sp³-hybridized carbons (Fsp3) is 0.227. The fourth-order valence-electron chi connectivity index (χ4n) is 3.29. The third kappa shape index (κ3) is 4.03. The van der Waals surface area contributed by atoms with Gasteiger partial charge in [-0.1, -0.05) is 12.1 Å². The van der Waals surface area contributed by atoms with Crippen LogP contribution in [0.3, 0.4) is 0 Å². The molecule has 5 heteroatoms. The molecule has 3 aromatic rings. The number of amides is 1. The number of carbonyl (C=O) groups is 1. The summed E-state index contributed by atoms with van der Waals surface area (Å²) in [4.78, 5) is 12.9. The third-order valence-corrected chi connectivity index (χ3v) is 5.70. The van der Waals surface area contributed by atoms with Gasteiger partial charge in [-0.25, -0.2) is 4.39 Å². The minimum Gasteiger partial charge on any atom is -0.489 e. The standard InChI is InChI=1S/C22H20FNO2S/c1-14-5-8-19(23)20(9-14)24-22(25)21-10-15(13-27-21)12-26-18-7-6-16-3-2-4-17(16)11-18/h5-11,13H,2-4,12H2,1H3,(H,24,25). The lowest BCUT2D eigenvalue weighted by molar-refractivity contribution is 0.103. The Hall–Kier alpha value is -2.66. The van der Waals surface area contributed by atoms with Crippen LogP contribution in [0.25, 0.3) is 0 Å². The van der Waals surface area contributed by atoms with Gasteiger partial charge in [-0.15, -0.1) is 11.3 Å². The second-order valence-corrected chi connectivity index (χ2v) is 7.74. The average Bonchev–Trinajstić information content (AvgIpc) is 3.31. The summed E-state index contributed by atoms with van der Waals surface area (Å²) in [5.74, 6) is 0.105. The van der Waals surface area contributed by atoms with Crippen molar-refractivity contribution in [1.29, 1.82) is 0 Å². The molecule has 1 N–H and O–H groups in total. The summed E-state index contributed by atoms with van der Waals surface area (Å²) in [5, 5.41) is 4.54. The highest BCUT2D eigenvalue weighted by molar-refractivity contribution is 7.12.